The van der Waals surface area contributed by atoms with Crippen LogP contribution in [0.2, 0.25) is 0 Å². The van der Waals surface area contributed by atoms with Gasteiger partial charge in [0.2, 0.25) is 0 Å². The van der Waals surface area contributed by atoms with Gasteiger partial charge in [0.05, 0.1) is 21.5 Å². The molecule has 1 heterocycles. The van der Waals surface area contributed by atoms with Crippen LogP contribution in [0.4, 0.5) is 0 Å². The van der Waals surface area contributed by atoms with Crippen LogP contribution < -0.4 is 5.73 Å². The fourth-order valence-electron chi connectivity index (χ4n) is 2.55. The summed E-state index contributed by atoms with van der Waals surface area (Å²) in [6, 6.07) is 8.32. The molecule has 0 spiro atoms. The van der Waals surface area contributed by atoms with Crippen LogP contribution in [0.15, 0.2) is 28.7 Å². The molecule has 0 radical (unpaired) electrons. The van der Waals surface area contributed by atoms with Gasteiger partial charge in [0.15, 0.2) is 0 Å². The number of nitrogens with zero attached hydrogens (tertiary/aromatic N) is 2. The van der Waals surface area contributed by atoms with Gasteiger partial charge in [0.1, 0.15) is 0 Å². The zero-order valence-corrected chi connectivity index (χ0v) is 12.9. The van der Waals surface area contributed by atoms with Gasteiger partial charge in [-0.3, -0.25) is 0 Å². The second kappa shape index (κ2) is 4.46. The van der Waals surface area contributed by atoms with Gasteiger partial charge in [0.25, 0.3) is 0 Å². The number of rotatable bonds is 3. The van der Waals surface area contributed by atoms with Crippen molar-refractivity contribution >= 4 is 15.9 Å². The number of aryl methyl sites for hydroxylation is 1. The van der Waals surface area contributed by atoms with Crippen LogP contribution in [0.25, 0.3) is 5.69 Å². The Hall–Kier alpha value is -1.13. The fourth-order valence-corrected chi connectivity index (χ4v) is 3.21. The van der Waals surface area contributed by atoms with E-state index < -0.39 is 0 Å². The number of benzene rings is 1. The van der Waals surface area contributed by atoms with Crippen molar-refractivity contribution in [2.45, 2.75) is 32.1 Å². The number of aromatic nitrogens is 2. The van der Waals surface area contributed by atoms with Crippen LogP contribution in [-0.4, -0.2) is 16.3 Å². The lowest BCUT2D eigenvalue weighted by atomic mass is 10.0. The predicted octanol–water partition coefficient (Wildman–Crippen LogP) is 3.24. The Labute approximate surface area is 121 Å². The molecule has 3 nitrogen and oxygen atoms in total. The van der Waals surface area contributed by atoms with Crippen molar-refractivity contribution in [1.29, 1.82) is 0 Å². The van der Waals surface area contributed by atoms with E-state index in [2.05, 4.69) is 48.0 Å². The predicted molar refractivity (Wildman–Crippen MR) is 80.7 cm³/mol. The maximum absolute atomic E-state index is 5.93. The number of hydrogen-bond donors (Lipinski definition) is 1. The minimum Gasteiger partial charge on any atom is -0.330 e. The average Bonchev–Trinajstić information content (AvgIpc) is 3.15. The van der Waals surface area contributed by atoms with E-state index in [1.54, 1.807) is 0 Å². The Kier molecular flexibility index (Phi) is 3.02. The Morgan fingerprint density at radius 1 is 1.32 bits per heavy atom. The van der Waals surface area contributed by atoms with Crippen LogP contribution >= 0.6 is 15.9 Å². The third-order valence-corrected chi connectivity index (χ3v) is 5.08. The molecule has 0 aliphatic heterocycles. The largest absolute Gasteiger partial charge is 0.330 e. The molecule has 0 amide bonds. The van der Waals surface area contributed by atoms with Crippen molar-refractivity contribution in [3.8, 4) is 5.69 Å². The quantitative estimate of drug-likeness (QED) is 0.943. The summed E-state index contributed by atoms with van der Waals surface area (Å²) in [5.41, 5.74) is 10.7. The summed E-state index contributed by atoms with van der Waals surface area (Å²) >= 11 is 3.70. The molecule has 2 N–H and O–H groups in total. The number of hydrogen-bond acceptors (Lipinski definition) is 2. The molecule has 1 aliphatic carbocycles. The number of para-hydroxylation sites is 1. The molecule has 0 bridgehead atoms. The van der Waals surface area contributed by atoms with E-state index in [4.69, 9.17) is 10.8 Å². The van der Waals surface area contributed by atoms with Crippen LogP contribution in [0, 0.1) is 13.8 Å². The lowest BCUT2D eigenvalue weighted by Crippen LogP contribution is -2.21. The number of halogens is 1. The molecule has 1 aromatic heterocycles. The summed E-state index contributed by atoms with van der Waals surface area (Å²) in [7, 11) is 0. The Morgan fingerprint density at radius 2 is 2.00 bits per heavy atom. The second-order valence-electron chi connectivity index (χ2n) is 5.43. The normalized spacial score (nSPS) is 16.6. The van der Waals surface area contributed by atoms with Crippen molar-refractivity contribution in [1.82, 2.24) is 9.78 Å². The van der Waals surface area contributed by atoms with E-state index in [0.29, 0.717) is 6.54 Å². The Morgan fingerprint density at radius 3 is 2.58 bits per heavy atom. The first-order chi connectivity index (χ1) is 9.09. The zero-order valence-electron chi connectivity index (χ0n) is 11.3. The summed E-state index contributed by atoms with van der Waals surface area (Å²) < 4.78 is 3.14. The first kappa shape index (κ1) is 12.9. The highest BCUT2D eigenvalue weighted by Crippen LogP contribution is 2.49. The zero-order chi connectivity index (χ0) is 13.6. The third kappa shape index (κ3) is 1.94. The van der Waals surface area contributed by atoms with Crippen LogP contribution in [0.5, 0.6) is 0 Å². The van der Waals surface area contributed by atoms with E-state index in [-0.39, 0.29) is 5.41 Å². The Bertz CT molecular complexity index is 626. The van der Waals surface area contributed by atoms with Gasteiger partial charge in [-0.05, 0) is 54.2 Å². The van der Waals surface area contributed by atoms with Gasteiger partial charge in [-0.25, -0.2) is 4.68 Å². The summed E-state index contributed by atoms with van der Waals surface area (Å²) in [6.45, 7) is 4.88. The maximum Gasteiger partial charge on any atom is 0.0848 e. The SMILES string of the molecule is Cc1ccccc1-n1nc(C2(CN)CC2)c(Br)c1C. The first-order valence-electron chi connectivity index (χ1n) is 6.61. The molecule has 2 aromatic rings. The van der Waals surface area contributed by atoms with E-state index in [1.807, 2.05) is 10.7 Å². The topological polar surface area (TPSA) is 43.8 Å². The summed E-state index contributed by atoms with van der Waals surface area (Å²) in [6.07, 6.45) is 2.29. The van der Waals surface area contributed by atoms with E-state index >= 15 is 0 Å². The standard InChI is InChI=1S/C15H18BrN3/c1-10-5-3-4-6-12(10)19-11(2)13(16)14(18-19)15(9-17)7-8-15/h3-6H,7-9,17H2,1-2H3. The average molecular weight is 320 g/mol. The summed E-state index contributed by atoms with van der Waals surface area (Å²) in [5, 5.41) is 4.84. The van der Waals surface area contributed by atoms with Crippen LogP contribution in [0.1, 0.15) is 29.8 Å². The third-order valence-electron chi connectivity index (χ3n) is 4.13. The molecular weight excluding hydrogens is 302 g/mol. The summed E-state index contributed by atoms with van der Waals surface area (Å²) in [5.74, 6) is 0. The summed E-state index contributed by atoms with van der Waals surface area (Å²) in [4.78, 5) is 0. The molecule has 3 rings (SSSR count). The fraction of sp³-hybridized carbons (Fsp3) is 0.400. The lowest BCUT2D eigenvalue weighted by Gasteiger charge is -2.09. The van der Waals surface area contributed by atoms with Crippen LogP contribution in [0.3, 0.4) is 0 Å². The molecule has 1 aromatic carbocycles. The van der Waals surface area contributed by atoms with Crippen molar-refractivity contribution in [3.63, 3.8) is 0 Å². The highest BCUT2D eigenvalue weighted by atomic mass is 79.9. The van der Waals surface area contributed by atoms with E-state index in [9.17, 15) is 0 Å². The molecule has 1 saturated carbocycles. The van der Waals surface area contributed by atoms with Gasteiger partial charge in [0, 0.05) is 12.0 Å². The molecule has 19 heavy (non-hydrogen) atoms. The minimum atomic E-state index is 0.109. The van der Waals surface area contributed by atoms with Gasteiger partial charge in [-0.15, -0.1) is 0 Å². The highest BCUT2D eigenvalue weighted by Gasteiger charge is 2.47. The molecule has 0 atom stereocenters. The van der Waals surface area contributed by atoms with Crippen molar-refractivity contribution in [3.05, 3.63) is 45.7 Å². The van der Waals surface area contributed by atoms with Crippen molar-refractivity contribution in [2.24, 2.45) is 5.73 Å². The maximum atomic E-state index is 5.93. The molecule has 0 unspecified atom stereocenters. The van der Waals surface area contributed by atoms with Gasteiger partial charge < -0.3 is 5.73 Å². The monoisotopic (exact) mass is 319 g/mol. The van der Waals surface area contributed by atoms with Gasteiger partial charge in [-0.2, -0.15) is 5.10 Å². The minimum absolute atomic E-state index is 0.109. The second-order valence-corrected chi connectivity index (χ2v) is 6.22. The lowest BCUT2D eigenvalue weighted by molar-refractivity contribution is 0.657. The molecule has 0 saturated heterocycles. The molecular formula is C15H18BrN3. The van der Waals surface area contributed by atoms with Crippen molar-refractivity contribution in [2.75, 3.05) is 6.54 Å². The molecule has 100 valence electrons. The smallest absolute Gasteiger partial charge is 0.0848 e. The Balaban J connectivity index is 2.15. The number of nitrogens with two attached hydrogens (primary N) is 1. The highest BCUT2D eigenvalue weighted by molar-refractivity contribution is 9.10. The first-order valence-corrected chi connectivity index (χ1v) is 7.40. The molecule has 4 heteroatoms. The van der Waals surface area contributed by atoms with E-state index in [1.165, 1.54) is 5.56 Å². The van der Waals surface area contributed by atoms with Crippen molar-refractivity contribution < 1.29 is 0 Å². The van der Waals surface area contributed by atoms with Crippen LogP contribution in [-0.2, 0) is 5.41 Å². The van der Waals surface area contributed by atoms with E-state index in [0.717, 1.165) is 34.4 Å². The van der Waals surface area contributed by atoms with Gasteiger partial charge in [-0.1, -0.05) is 18.2 Å². The molecule has 1 fully saturated rings. The molecule has 1 aliphatic rings. The van der Waals surface area contributed by atoms with Gasteiger partial charge >= 0.3 is 0 Å².